The standard InChI is InChI=1S/C21H24N4O5/c26-20(16-2-1-8-24(14-16)21(27)17-7-13-30-15-17)23-11-9-22(10-12-23)18-3-5-19(6-4-18)25(28)29/h3-7,13,15-16H,1-2,8-12,14H2. The molecule has 0 spiro atoms. The number of nitro benzene ring substituents is 1. The van der Waals surface area contributed by atoms with E-state index in [1.807, 2.05) is 4.90 Å². The van der Waals surface area contributed by atoms with Crippen LogP contribution in [0.25, 0.3) is 0 Å². The van der Waals surface area contributed by atoms with Crippen LogP contribution in [0.5, 0.6) is 0 Å². The zero-order valence-corrected chi connectivity index (χ0v) is 16.6. The highest BCUT2D eigenvalue weighted by Crippen LogP contribution is 2.24. The molecule has 9 heteroatoms. The maximum Gasteiger partial charge on any atom is 0.269 e. The third kappa shape index (κ3) is 4.14. The van der Waals surface area contributed by atoms with Crippen molar-refractivity contribution in [3.63, 3.8) is 0 Å². The van der Waals surface area contributed by atoms with Crippen molar-refractivity contribution in [2.24, 2.45) is 5.92 Å². The van der Waals surface area contributed by atoms with Crippen molar-refractivity contribution in [3.8, 4) is 0 Å². The minimum atomic E-state index is -0.412. The molecule has 0 radical (unpaired) electrons. The minimum absolute atomic E-state index is 0.0689. The van der Waals surface area contributed by atoms with E-state index in [2.05, 4.69) is 4.90 Å². The van der Waals surface area contributed by atoms with Gasteiger partial charge in [-0.15, -0.1) is 0 Å². The molecule has 0 saturated carbocycles. The zero-order chi connectivity index (χ0) is 21.1. The fraction of sp³-hybridized carbons (Fsp3) is 0.429. The number of rotatable bonds is 4. The first-order chi connectivity index (χ1) is 14.5. The molecule has 158 valence electrons. The zero-order valence-electron chi connectivity index (χ0n) is 16.6. The first kappa shape index (κ1) is 19.9. The number of benzene rings is 1. The van der Waals surface area contributed by atoms with Crippen LogP contribution in [0, 0.1) is 16.0 Å². The summed E-state index contributed by atoms with van der Waals surface area (Å²) in [5, 5.41) is 10.8. The Bertz CT molecular complexity index is 904. The number of hydrogen-bond acceptors (Lipinski definition) is 6. The van der Waals surface area contributed by atoms with Crippen LogP contribution in [0.2, 0.25) is 0 Å². The number of carbonyl (C=O) groups excluding carboxylic acids is 2. The van der Waals surface area contributed by atoms with Gasteiger partial charge in [0.05, 0.1) is 22.7 Å². The van der Waals surface area contributed by atoms with Gasteiger partial charge in [-0.25, -0.2) is 0 Å². The van der Waals surface area contributed by atoms with E-state index >= 15 is 0 Å². The number of piperazine rings is 1. The second-order valence-corrected chi connectivity index (χ2v) is 7.69. The maximum absolute atomic E-state index is 13.0. The van der Waals surface area contributed by atoms with Crippen molar-refractivity contribution in [2.45, 2.75) is 12.8 Å². The molecule has 9 nitrogen and oxygen atoms in total. The van der Waals surface area contributed by atoms with E-state index in [1.54, 1.807) is 23.1 Å². The van der Waals surface area contributed by atoms with E-state index in [-0.39, 0.29) is 23.4 Å². The van der Waals surface area contributed by atoms with Gasteiger partial charge < -0.3 is 19.1 Å². The van der Waals surface area contributed by atoms with Gasteiger partial charge in [0, 0.05) is 57.1 Å². The summed E-state index contributed by atoms with van der Waals surface area (Å²) in [4.78, 5) is 41.7. The van der Waals surface area contributed by atoms with Gasteiger partial charge in [0.15, 0.2) is 0 Å². The summed E-state index contributed by atoms with van der Waals surface area (Å²) >= 11 is 0. The van der Waals surface area contributed by atoms with Gasteiger partial charge >= 0.3 is 0 Å². The number of carbonyl (C=O) groups is 2. The predicted molar refractivity (Wildman–Crippen MR) is 109 cm³/mol. The van der Waals surface area contributed by atoms with Crippen molar-refractivity contribution in [2.75, 3.05) is 44.2 Å². The Labute approximate surface area is 174 Å². The normalized spacial score (nSPS) is 19.6. The smallest absolute Gasteiger partial charge is 0.269 e. The molecule has 4 rings (SSSR count). The van der Waals surface area contributed by atoms with Gasteiger partial charge in [-0.05, 0) is 31.0 Å². The number of nitrogens with zero attached hydrogens (tertiary/aromatic N) is 4. The molecule has 1 aromatic heterocycles. The molecule has 2 fully saturated rings. The van der Waals surface area contributed by atoms with Crippen molar-refractivity contribution < 1.29 is 18.9 Å². The Hall–Kier alpha value is -3.36. The van der Waals surface area contributed by atoms with Crippen molar-refractivity contribution in [3.05, 3.63) is 58.5 Å². The molecular formula is C21H24N4O5. The summed E-state index contributed by atoms with van der Waals surface area (Å²) in [7, 11) is 0. The quantitative estimate of drug-likeness (QED) is 0.565. The topological polar surface area (TPSA) is 100 Å². The van der Waals surface area contributed by atoms with Crippen LogP contribution in [0.1, 0.15) is 23.2 Å². The van der Waals surface area contributed by atoms with E-state index in [0.717, 1.165) is 18.5 Å². The number of anilines is 1. The fourth-order valence-electron chi connectivity index (χ4n) is 4.16. The second kappa shape index (κ2) is 8.56. The Kier molecular flexibility index (Phi) is 5.69. The Morgan fingerprint density at radius 1 is 1.00 bits per heavy atom. The lowest BCUT2D eigenvalue weighted by molar-refractivity contribution is -0.384. The van der Waals surface area contributed by atoms with E-state index in [0.29, 0.717) is 44.8 Å². The van der Waals surface area contributed by atoms with Gasteiger partial charge in [-0.1, -0.05) is 0 Å². The van der Waals surface area contributed by atoms with E-state index in [4.69, 9.17) is 4.42 Å². The van der Waals surface area contributed by atoms with E-state index in [1.165, 1.54) is 24.7 Å². The largest absolute Gasteiger partial charge is 0.472 e. The lowest BCUT2D eigenvalue weighted by atomic mass is 9.95. The molecule has 0 N–H and O–H groups in total. The molecule has 0 bridgehead atoms. The van der Waals surface area contributed by atoms with Crippen LogP contribution >= 0.6 is 0 Å². The number of non-ortho nitro benzene ring substituents is 1. The molecule has 2 amide bonds. The molecule has 1 aromatic carbocycles. The monoisotopic (exact) mass is 412 g/mol. The lowest BCUT2D eigenvalue weighted by Gasteiger charge is -2.39. The molecule has 2 aliphatic rings. The van der Waals surface area contributed by atoms with Crippen LogP contribution in [-0.4, -0.2) is 65.8 Å². The lowest BCUT2D eigenvalue weighted by Crippen LogP contribution is -2.53. The average molecular weight is 412 g/mol. The van der Waals surface area contributed by atoms with Crippen molar-refractivity contribution in [1.29, 1.82) is 0 Å². The first-order valence-corrected chi connectivity index (χ1v) is 10.1. The highest BCUT2D eigenvalue weighted by Gasteiger charge is 2.33. The number of nitro groups is 1. The van der Waals surface area contributed by atoms with Gasteiger partial charge in [0.2, 0.25) is 5.91 Å². The summed E-state index contributed by atoms with van der Waals surface area (Å²) in [5.74, 6) is -0.173. The minimum Gasteiger partial charge on any atom is -0.472 e. The van der Waals surface area contributed by atoms with Crippen LogP contribution in [-0.2, 0) is 4.79 Å². The number of furan rings is 1. The number of amides is 2. The van der Waals surface area contributed by atoms with Crippen LogP contribution in [0.15, 0.2) is 47.3 Å². The van der Waals surface area contributed by atoms with Crippen molar-refractivity contribution in [1.82, 2.24) is 9.80 Å². The highest BCUT2D eigenvalue weighted by atomic mass is 16.6. The van der Waals surface area contributed by atoms with E-state index < -0.39 is 4.92 Å². The third-order valence-corrected chi connectivity index (χ3v) is 5.84. The Balaban J connectivity index is 1.32. The molecule has 2 aliphatic heterocycles. The summed E-state index contributed by atoms with van der Waals surface area (Å²) in [6.07, 6.45) is 4.51. The summed E-state index contributed by atoms with van der Waals surface area (Å²) in [6.45, 7) is 3.64. The highest BCUT2D eigenvalue weighted by molar-refractivity contribution is 5.94. The summed E-state index contributed by atoms with van der Waals surface area (Å²) in [5.41, 5.74) is 1.50. The Morgan fingerprint density at radius 2 is 1.73 bits per heavy atom. The fourth-order valence-corrected chi connectivity index (χ4v) is 4.16. The Morgan fingerprint density at radius 3 is 2.37 bits per heavy atom. The van der Waals surface area contributed by atoms with Gasteiger partial charge in [-0.3, -0.25) is 19.7 Å². The molecule has 3 heterocycles. The maximum atomic E-state index is 13.0. The van der Waals surface area contributed by atoms with Crippen LogP contribution < -0.4 is 4.90 Å². The SMILES string of the molecule is O=C(c1ccoc1)N1CCCC(C(=O)N2CCN(c3ccc([N+](=O)[O-])cc3)CC2)C1. The van der Waals surface area contributed by atoms with E-state index in [9.17, 15) is 19.7 Å². The molecular weight excluding hydrogens is 388 g/mol. The molecule has 2 saturated heterocycles. The number of hydrogen-bond donors (Lipinski definition) is 0. The molecule has 30 heavy (non-hydrogen) atoms. The summed E-state index contributed by atoms with van der Waals surface area (Å²) < 4.78 is 5.00. The van der Waals surface area contributed by atoms with Gasteiger partial charge in [-0.2, -0.15) is 0 Å². The van der Waals surface area contributed by atoms with Crippen molar-refractivity contribution >= 4 is 23.2 Å². The summed E-state index contributed by atoms with van der Waals surface area (Å²) in [6, 6.07) is 8.14. The van der Waals surface area contributed by atoms with Gasteiger partial charge in [0.1, 0.15) is 6.26 Å². The predicted octanol–water partition coefficient (Wildman–Crippen LogP) is 2.39. The molecule has 1 atom stereocenters. The number of likely N-dealkylation sites (tertiary alicyclic amines) is 1. The average Bonchev–Trinajstić information content (AvgIpc) is 3.33. The van der Waals surface area contributed by atoms with Gasteiger partial charge in [0.25, 0.3) is 11.6 Å². The molecule has 2 aromatic rings. The molecule has 0 aliphatic carbocycles. The third-order valence-electron chi connectivity index (χ3n) is 5.84. The molecule has 1 unspecified atom stereocenters. The first-order valence-electron chi connectivity index (χ1n) is 10.1. The second-order valence-electron chi connectivity index (χ2n) is 7.69. The van der Waals surface area contributed by atoms with Crippen LogP contribution in [0.4, 0.5) is 11.4 Å². The number of piperidine rings is 1. The van der Waals surface area contributed by atoms with Crippen LogP contribution in [0.3, 0.4) is 0 Å².